The Kier molecular flexibility index (Phi) is 5.62. The zero-order valence-electron chi connectivity index (χ0n) is 9.83. The standard InChI is InChI=1S/C12H18ClNOS/c1-8(7-15)16-12-5-4-10(6-11(12)13)9(2)14-3/h4-6,8-9,14-15H,7H2,1-3H3. The highest BCUT2D eigenvalue weighted by Gasteiger charge is 2.09. The Hall–Kier alpha value is -0.220. The topological polar surface area (TPSA) is 32.3 Å². The van der Waals surface area contributed by atoms with Gasteiger partial charge in [-0.25, -0.2) is 0 Å². The fraction of sp³-hybridized carbons (Fsp3) is 0.500. The van der Waals surface area contributed by atoms with Crippen LogP contribution in [0.4, 0.5) is 0 Å². The number of hydrogen-bond acceptors (Lipinski definition) is 3. The third-order valence-electron chi connectivity index (χ3n) is 2.47. The molecule has 0 saturated heterocycles. The summed E-state index contributed by atoms with van der Waals surface area (Å²) in [5.74, 6) is 0. The van der Waals surface area contributed by atoms with Crippen LogP contribution in [-0.4, -0.2) is 24.0 Å². The fourth-order valence-electron chi connectivity index (χ4n) is 1.30. The third kappa shape index (κ3) is 3.67. The van der Waals surface area contributed by atoms with Crippen LogP contribution >= 0.6 is 23.4 Å². The Morgan fingerprint density at radius 3 is 2.62 bits per heavy atom. The van der Waals surface area contributed by atoms with Crippen molar-refractivity contribution in [2.75, 3.05) is 13.7 Å². The molecule has 4 heteroatoms. The molecule has 0 aliphatic carbocycles. The number of aliphatic hydroxyl groups excluding tert-OH is 1. The van der Waals surface area contributed by atoms with E-state index in [-0.39, 0.29) is 11.9 Å². The molecular formula is C12H18ClNOS. The average molecular weight is 260 g/mol. The minimum atomic E-state index is 0.162. The van der Waals surface area contributed by atoms with Crippen LogP contribution in [0.5, 0.6) is 0 Å². The van der Waals surface area contributed by atoms with Crippen molar-refractivity contribution in [2.24, 2.45) is 0 Å². The maximum atomic E-state index is 8.99. The van der Waals surface area contributed by atoms with E-state index in [4.69, 9.17) is 16.7 Å². The molecule has 1 rings (SSSR count). The number of aliphatic hydroxyl groups is 1. The van der Waals surface area contributed by atoms with Crippen LogP contribution in [0.1, 0.15) is 25.5 Å². The van der Waals surface area contributed by atoms with E-state index < -0.39 is 0 Å². The van der Waals surface area contributed by atoms with Gasteiger partial charge in [-0.1, -0.05) is 24.6 Å². The third-order valence-corrected chi connectivity index (χ3v) is 4.06. The molecule has 90 valence electrons. The maximum Gasteiger partial charge on any atom is 0.0550 e. The van der Waals surface area contributed by atoms with Gasteiger partial charge in [0.1, 0.15) is 0 Å². The van der Waals surface area contributed by atoms with Crippen LogP contribution in [0.2, 0.25) is 5.02 Å². The minimum Gasteiger partial charge on any atom is -0.395 e. The molecule has 0 heterocycles. The van der Waals surface area contributed by atoms with Crippen molar-refractivity contribution >= 4 is 23.4 Å². The largest absolute Gasteiger partial charge is 0.395 e. The summed E-state index contributed by atoms with van der Waals surface area (Å²) in [6.45, 7) is 4.23. The number of hydrogen-bond donors (Lipinski definition) is 2. The Morgan fingerprint density at radius 2 is 2.12 bits per heavy atom. The average Bonchev–Trinajstić information content (AvgIpc) is 2.30. The SMILES string of the molecule is CNC(C)c1ccc(SC(C)CO)c(Cl)c1. The van der Waals surface area contributed by atoms with Crippen molar-refractivity contribution in [2.45, 2.75) is 30.0 Å². The highest BCUT2D eigenvalue weighted by Crippen LogP contribution is 2.32. The smallest absolute Gasteiger partial charge is 0.0550 e. The molecule has 0 aliphatic rings. The summed E-state index contributed by atoms with van der Waals surface area (Å²) < 4.78 is 0. The van der Waals surface area contributed by atoms with Crippen molar-refractivity contribution in [3.8, 4) is 0 Å². The molecule has 1 aromatic rings. The van der Waals surface area contributed by atoms with Gasteiger partial charge in [0.2, 0.25) is 0 Å². The van der Waals surface area contributed by atoms with Gasteiger partial charge in [0.25, 0.3) is 0 Å². The molecule has 0 aliphatic heterocycles. The van der Waals surface area contributed by atoms with Crippen LogP contribution in [-0.2, 0) is 0 Å². The van der Waals surface area contributed by atoms with Gasteiger partial charge in [-0.05, 0) is 31.7 Å². The van der Waals surface area contributed by atoms with E-state index in [1.54, 1.807) is 11.8 Å². The van der Waals surface area contributed by atoms with Crippen molar-refractivity contribution in [1.82, 2.24) is 5.32 Å². The molecule has 0 aromatic heterocycles. The second-order valence-corrected chi connectivity index (χ2v) is 5.70. The van der Waals surface area contributed by atoms with E-state index in [1.165, 1.54) is 5.56 Å². The van der Waals surface area contributed by atoms with Crippen LogP contribution in [0.25, 0.3) is 0 Å². The summed E-state index contributed by atoms with van der Waals surface area (Å²) in [5.41, 5.74) is 1.17. The van der Waals surface area contributed by atoms with Gasteiger partial charge in [-0.2, -0.15) is 0 Å². The molecule has 0 radical (unpaired) electrons. The molecule has 0 fully saturated rings. The lowest BCUT2D eigenvalue weighted by Gasteiger charge is -2.14. The monoisotopic (exact) mass is 259 g/mol. The zero-order chi connectivity index (χ0) is 12.1. The second kappa shape index (κ2) is 6.50. The van der Waals surface area contributed by atoms with Crippen LogP contribution in [0.15, 0.2) is 23.1 Å². The van der Waals surface area contributed by atoms with E-state index in [2.05, 4.69) is 18.3 Å². The van der Waals surface area contributed by atoms with Crippen molar-refractivity contribution in [1.29, 1.82) is 0 Å². The maximum absolute atomic E-state index is 8.99. The van der Waals surface area contributed by atoms with E-state index in [0.717, 1.165) is 9.92 Å². The quantitative estimate of drug-likeness (QED) is 0.797. The summed E-state index contributed by atoms with van der Waals surface area (Å²) in [6, 6.07) is 6.36. The Bertz CT molecular complexity index is 346. The summed E-state index contributed by atoms with van der Waals surface area (Å²) in [4.78, 5) is 1.02. The highest BCUT2D eigenvalue weighted by atomic mass is 35.5. The predicted octanol–water partition coefficient (Wildman–Crippen LogP) is 3.09. The van der Waals surface area contributed by atoms with Crippen LogP contribution in [0.3, 0.4) is 0 Å². The number of nitrogens with one attached hydrogen (secondary N) is 1. The lowest BCUT2D eigenvalue weighted by molar-refractivity contribution is 0.300. The minimum absolute atomic E-state index is 0.162. The summed E-state index contributed by atoms with van der Waals surface area (Å²) in [7, 11) is 1.93. The molecule has 2 unspecified atom stereocenters. The Labute approximate surface area is 106 Å². The van der Waals surface area contributed by atoms with E-state index in [9.17, 15) is 0 Å². The summed E-state index contributed by atoms with van der Waals surface area (Å²) in [6.07, 6.45) is 0. The molecule has 2 N–H and O–H groups in total. The van der Waals surface area contributed by atoms with Gasteiger partial charge in [0, 0.05) is 16.2 Å². The van der Waals surface area contributed by atoms with Crippen LogP contribution < -0.4 is 5.32 Å². The highest BCUT2D eigenvalue weighted by molar-refractivity contribution is 8.00. The normalized spacial score (nSPS) is 14.8. The fourth-order valence-corrected chi connectivity index (χ4v) is 2.45. The van der Waals surface area contributed by atoms with Crippen molar-refractivity contribution in [3.63, 3.8) is 0 Å². The summed E-state index contributed by atoms with van der Waals surface area (Å²) >= 11 is 7.80. The first-order valence-corrected chi connectivity index (χ1v) is 6.58. The zero-order valence-corrected chi connectivity index (χ0v) is 11.4. The van der Waals surface area contributed by atoms with Gasteiger partial charge in [-0.15, -0.1) is 11.8 Å². The van der Waals surface area contributed by atoms with Crippen molar-refractivity contribution in [3.05, 3.63) is 28.8 Å². The number of rotatable bonds is 5. The molecule has 0 spiro atoms. The van der Waals surface area contributed by atoms with Gasteiger partial charge in [0.05, 0.1) is 11.6 Å². The molecule has 2 nitrogen and oxygen atoms in total. The lowest BCUT2D eigenvalue weighted by Crippen LogP contribution is -2.12. The van der Waals surface area contributed by atoms with Crippen LogP contribution in [0, 0.1) is 0 Å². The van der Waals surface area contributed by atoms with E-state index in [0.29, 0.717) is 6.04 Å². The molecule has 1 aromatic carbocycles. The number of halogens is 1. The molecule has 16 heavy (non-hydrogen) atoms. The molecule has 0 saturated carbocycles. The first-order chi connectivity index (χ1) is 7.58. The van der Waals surface area contributed by atoms with E-state index in [1.807, 2.05) is 26.1 Å². The molecule has 2 atom stereocenters. The number of thioether (sulfide) groups is 1. The van der Waals surface area contributed by atoms with Gasteiger partial charge >= 0.3 is 0 Å². The van der Waals surface area contributed by atoms with E-state index >= 15 is 0 Å². The Morgan fingerprint density at radius 1 is 1.44 bits per heavy atom. The molecule has 0 bridgehead atoms. The second-order valence-electron chi connectivity index (χ2n) is 3.81. The first kappa shape index (κ1) is 13.8. The lowest BCUT2D eigenvalue weighted by atomic mass is 10.1. The Balaban J connectivity index is 2.83. The first-order valence-electron chi connectivity index (χ1n) is 5.32. The van der Waals surface area contributed by atoms with Gasteiger partial charge in [-0.3, -0.25) is 0 Å². The van der Waals surface area contributed by atoms with Crippen molar-refractivity contribution < 1.29 is 5.11 Å². The van der Waals surface area contributed by atoms with Gasteiger partial charge in [0.15, 0.2) is 0 Å². The molecule has 0 amide bonds. The number of benzene rings is 1. The predicted molar refractivity (Wildman–Crippen MR) is 71.3 cm³/mol. The summed E-state index contributed by atoms with van der Waals surface area (Å²) in [5, 5.41) is 13.1. The molecular weight excluding hydrogens is 242 g/mol. The van der Waals surface area contributed by atoms with Gasteiger partial charge < -0.3 is 10.4 Å².